The second-order valence-corrected chi connectivity index (χ2v) is 12.3. The summed E-state index contributed by atoms with van der Waals surface area (Å²) in [6.45, 7) is 12.5. The Labute approximate surface area is 255 Å². The summed E-state index contributed by atoms with van der Waals surface area (Å²) in [5.74, 6) is 1.39. The van der Waals surface area contributed by atoms with Crippen LogP contribution in [0.4, 0.5) is 34.5 Å². The monoisotopic (exact) mass is 579 g/mol. The lowest BCUT2D eigenvalue weighted by atomic mass is 9.97. The molecule has 5 heterocycles. The van der Waals surface area contributed by atoms with Gasteiger partial charge in [0.2, 0.25) is 5.95 Å². The van der Waals surface area contributed by atoms with Gasteiger partial charge in [-0.3, -0.25) is 4.90 Å². The van der Waals surface area contributed by atoms with Crippen molar-refractivity contribution in [2.75, 3.05) is 73.7 Å². The number of para-hydroxylation sites is 1. The Balaban J connectivity index is 1.12. The maximum absolute atomic E-state index is 4.99. The number of hydrogen-bond acceptors (Lipinski definition) is 8. The van der Waals surface area contributed by atoms with E-state index in [-0.39, 0.29) is 0 Å². The van der Waals surface area contributed by atoms with Crippen molar-refractivity contribution >= 4 is 45.5 Å². The number of nitrogens with zero attached hydrogens (tertiary/aromatic N) is 5. The van der Waals surface area contributed by atoms with Crippen LogP contribution in [-0.2, 0) is 19.3 Å². The first-order valence-electron chi connectivity index (χ1n) is 16.2. The van der Waals surface area contributed by atoms with E-state index in [1.54, 1.807) is 0 Å². The first kappa shape index (κ1) is 28.0. The molecule has 9 nitrogen and oxygen atoms in total. The van der Waals surface area contributed by atoms with Gasteiger partial charge in [-0.15, -0.1) is 0 Å². The molecule has 7 rings (SSSR count). The van der Waals surface area contributed by atoms with Gasteiger partial charge in [0, 0.05) is 69.4 Å². The number of piperazine rings is 1. The Morgan fingerprint density at radius 2 is 1.70 bits per heavy atom. The van der Waals surface area contributed by atoms with Crippen LogP contribution in [0.5, 0.6) is 0 Å². The third-order valence-corrected chi connectivity index (χ3v) is 9.69. The summed E-state index contributed by atoms with van der Waals surface area (Å²) in [4.78, 5) is 21.0. The lowest BCUT2D eigenvalue weighted by Gasteiger charge is -2.43. The number of benzene rings is 2. The SMILES string of the molecule is CCc1cc(N2CCC(N3CCN(C)CC3)CC2)c(CC)cc1Nc1nc(Nc2cccc3c2NCC3)c2cc[nH]c2n1. The van der Waals surface area contributed by atoms with E-state index in [2.05, 4.69) is 86.9 Å². The van der Waals surface area contributed by atoms with Crippen molar-refractivity contribution in [3.8, 4) is 0 Å². The molecule has 3 aliphatic heterocycles. The molecule has 2 aromatic carbocycles. The van der Waals surface area contributed by atoms with Crippen LogP contribution in [0.15, 0.2) is 42.6 Å². The van der Waals surface area contributed by atoms with E-state index in [0.717, 1.165) is 73.2 Å². The zero-order valence-corrected chi connectivity index (χ0v) is 25.8. The molecule has 226 valence electrons. The van der Waals surface area contributed by atoms with E-state index in [9.17, 15) is 0 Å². The molecule has 0 unspecified atom stereocenters. The lowest BCUT2D eigenvalue weighted by Crippen LogP contribution is -2.52. The summed E-state index contributed by atoms with van der Waals surface area (Å²) in [6, 6.07) is 13.9. The van der Waals surface area contributed by atoms with Gasteiger partial charge >= 0.3 is 0 Å². The van der Waals surface area contributed by atoms with E-state index in [1.165, 1.54) is 67.1 Å². The Kier molecular flexibility index (Phi) is 7.84. The highest BCUT2D eigenvalue weighted by Gasteiger charge is 2.28. The van der Waals surface area contributed by atoms with Crippen LogP contribution in [0.2, 0.25) is 0 Å². The zero-order valence-electron chi connectivity index (χ0n) is 25.8. The Morgan fingerprint density at radius 3 is 2.49 bits per heavy atom. The van der Waals surface area contributed by atoms with E-state index in [1.807, 2.05) is 12.3 Å². The van der Waals surface area contributed by atoms with Gasteiger partial charge in [-0.2, -0.15) is 9.97 Å². The molecule has 2 saturated heterocycles. The van der Waals surface area contributed by atoms with Gasteiger partial charge in [-0.05, 0) is 80.1 Å². The van der Waals surface area contributed by atoms with Gasteiger partial charge in [0.05, 0.1) is 16.8 Å². The fourth-order valence-corrected chi connectivity index (χ4v) is 7.11. The minimum absolute atomic E-state index is 0.593. The number of rotatable bonds is 8. The van der Waals surface area contributed by atoms with Crippen molar-refractivity contribution in [3.63, 3.8) is 0 Å². The summed E-state index contributed by atoms with van der Waals surface area (Å²) in [6.07, 6.45) is 7.39. The number of aryl methyl sites for hydroxylation is 2. The molecular formula is C34H45N9. The predicted octanol–water partition coefficient (Wildman–Crippen LogP) is 5.75. The first-order valence-corrected chi connectivity index (χ1v) is 16.2. The van der Waals surface area contributed by atoms with E-state index < -0.39 is 0 Å². The highest BCUT2D eigenvalue weighted by atomic mass is 15.3. The normalized spacial score (nSPS) is 18.2. The standard InChI is InChI=1S/C34H45N9/c1-4-23-22-30(43-15-11-26(12-16-43)42-19-17-41(3)18-20-42)24(5-2)21-29(23)38-34-39-32-27(10-14-36-32)33(40-34)37-28-8-6-7-25-9-13-35-31(25)28/h6-8,10,14,21-22,26,35H,4-5,9,11-13,15-20H2,1-3H3,(H3,36,37,38,39,40). The number of aromatic nitrogens is 3. The smallest absolute Gasteiger partial charge is 0.231 e. The number of fused-ring (bicyclic) bond motifs is 2. The summed E-state index contributed by atoms with van der Waals surface area (Å²) in [5.41, 5.74) is 9.53. The number of nitrogens with one attached hydrogen (secondary N) is 4. The van der Waals surface area contributed by atoms with Gasteiger partial charge in [-0.1, -0.05) is 26.0 Å². The van der Waals surface area contributed by atoms with Crippen molar-refractivity contribution in [3.05, 3.63) is 59.3 Å². The lowest BCUT2D eigenvalue weighted by molar-refractivity contribution is 0.0982. The molecule has 0 bridgehead atoms. The molecule has 43 heavy (non-hydrogen) atoms. The van der Waals surface area contributed by atoms with Crippen molar-refractivity contribution in [2.24, 2.45) is 0 Å². The molecule has 9 heteroatoms. The third kappa shape index (κ3) is 5.63. The third-order valence-electron chi connectivity index (χ3n) is 9.69. The second kappa shape index (κ2) is 12.1. The largest absolute Gasteiger partial charge is 0.383 e. The van der Waals surface area contributed by atoms with E-state index in [4.69, 9.17) is 9.97 Å². The summed E-state index contributed by atoms with van der Waals surface area (Å²) in [7, 11) is 2.24. The van der Waals surface area contributed by atoms with Gasteiger partial charge in [0.15, 0.2) is 0 Å². The van der Waals surface area contributed by atoms with Crippen LogP contribution in [0.25, 0.3) is 11.0 Å². The summed E-state index contributed by atoms with van der Waals surface area (Å²) in [5, 5.41) is 11.7. The van der Waals surface area contributed by atoms with Crippen molar-refractivity contribution in [1.29, 1.82) is 0 Å². The van der Waals surface area contributed by atoms with E-state index in [0.29, 0.717) is 5.95 Å². The average molecular weight is 580 g/mol. The molecule has 0 aliphatic carbocycles. The fraction of sp³-hybridized carbons (Fsp3) is 0.471. The topological polar surface area (TPSA) is 87.4 Å². The number of piperidine rings is 1. The average Bonchev–Trinajstić information content (AvgIpc) is 3.72. The minimum atomic E-state index is 0.593. The molecule has 0 radical (unpaired) electrons. The molecule has 2 aromatic heterocycles. The minimum Gasteiger partial charge on any atom is -0.383 e. The van der Waals surface area contributed by atoms with Crippen molar-refractivity contribution in [2.45, 2.75) is 52.0 Å². The molecule has 0 spiro atoms. The molecule has 4 aromatic rings. The van der Waals surface area contributed by atoms with Crippen LogP contribution in [0.1, 0.15) is 43.4 Å². The Hall–Kier alpha value is -3.82. The second-order valence-electron chi connectivity index (χ2n) is 12.3. The quantitative estimate of drug-likeness (QED) is 0.210. The van der Waals surface area contributed by atoms with Crippen molar-refractivity contribution in [1.82, 2.24) is 24.8 Å². The zero-order chi connectivity index (χ0) is 29.3. The van der Waals surface area contributed by atoms with Gasteiger partial charge in [0.25, 0.3) is 0 Å². The van der Waals surface area contributed by atoms with Gasteiger partial charge in [-0.25, -0.2) is 0 Å². The summed E-state index contributed by atoms with van der Waals surface area (Å²) >= 11 is 0. The molecule has 0 amide bonds. The Morgan fingerprint density at radius 1 is 0.884 bits per heavy atom. The highest BCUT2D eigenvalue weighted by Crippen LogP contribution is 2.36. The van der Waals surface area contributed by atoms with Crippen LogP contribution in [-0.4, -0.2) is 83.7 Å². The van der Waals surface area contributed by atoms with Gasteiger partial charge < -0.3 is 30.7 Å². The van der Waals surface area contributed by atoms with Crippen LogP contribution in [0, 0.1) is 0 Å². The molecule has 4 N–H and O–H groups in total. The molecule has 0 atom stereocenters. The highest BCUT2D eigenvalue weighted by molar-refractivity contribution is 5.92. The molecular weight excluding hydrogens is 534 g/mol. The van der Waals surface area contributed by atoms with Crippen LogP contribution in [0.3, 0.4) is 0 Å². The maximum atomic E-state index is 4.99. The summed E-state index contributed by atoms with van der Waals surface area (Å²) < 4.78 is 0. The number of hydrogen-bond donors (Lipinski definition) is 4. The number of likely N-dealkylation sites (N-methyl/N-ethyl adjacent to an activating group) is 1. The van der Waals surface area contributed by atoms with E-state index >= 15 is 0 Å². The molecule has 0 saturated carbocycles. The predicted molar refractivity (Wildman–Crippen MR) is 179 cm³/mol. The first-order chi connectivity index (χ1) is 21.1. The number of H-pyrrole nitrogens is 1. The fourth-order valence-electron chi connectivity index (χ4n) is 7.11. The number of anilines is 6. The van der Waals surface area contributed by atoms with Crippen molar-refractivity contribution < 1.29 is 0 Å². The van der Waals surface area contributed by atoms with Crippen LogP contribution < -0.4 is 20.9 Å². The molecule has 2 fully saturated rings. The number of aromatic amines is 1. The maximum Gasteiger partial charge on any atom is 0.231 e. The van der Waals surface area contributed by atoms with Gasteiger partial charge in [0.1, 0.15) is 11.5 Å². The Bertz CT molecular complexity index is 1580. The van der Waals surface area contributed by atoms with Crippen LogP contribution >= 0.6 is 0 Å². The molecule has 3 aliphatic rings.